The quantitative estimate of drug-likeness (QED) is 0.469. The summed E-state index contributed by atoms with van der Waals surface area (Å²) in [6, 6.07) is 0. The molecule has 1 heterocycles. The Bertz CT molecular complexity index is 215. The van der Waals surface area contributed by atoms with Crippen LogP contribution < -0.4 is 0 Å². The number of hydrogen-bond acceptors (Lipinski definition) is 4. The molecule has 0 saturated carbocycles. The monoisotopic (exact) mass is 257 g/mol. The third-order valence-corrected chi connectivity index (χ3v) is 3.22. The van der Waals surface area contributed by atoms with Gasteiger partial charge in [0.1, 0.15) is 0 Å². The lowest BCUT2D eigenvalue weighted by atomic mass is 10.1. The molecule has 0 amide bonds. The minimum atomic E-state index is -0.0922. The van der Waals surface area contributed by atoms with Crippen molar-refractivity contribution in [1.82, 2.24) is 4.90 Å². The highest BCUT2D eigenvalue weighted by Crippen LogP contribution is 2.05. The van der Waals surface area contributed by atoms with E-state index in [1.807, 2.05) is 0 Å². The molecule has 4 heteroatoms. The molecule has 106 valence electrons. The van der Waals surface area contributed by atoms with E-state index in [2.05, 4.69) is 11.8 Å². The van der Waals surface area contributed by atoms with Crippen LogP contribution in [-0.4, -0.2) is 50.3 Å². The molecule has 0 aromatic heterocycles. The number of hydrogen-bond donors (Lipinski definition) is 0. The Hall–Kier alpha value is -0.610. The SMILES string of the molecule is CCCCCCCCOC(=O)CN1CCOCC1. The molecule has 0 radical (unpaired) electrons. The van der Waals surface area contributed by atoms with Gasteiger partial charge in [0.2, 0.25) is 0 Å². The van der Waals surface area contributed by atoms with Gasteiger partial charge in [0, 0.05) is 13.1 Å². The van der Waals surface area contributed by atoms with Gasteiger partial charge < -0.3 is 9.47 Å². The summed E-state index contributed by atoms with van der Waals surface area (Å²) in [6.45, 7) is 6.34. The van der Waals surface area contributed by atoms with Gasteiger partial charge in [-0.2, -0.15) is 0 Å². The lowest BCUT2D eigenvalue weighted by Gasteiger charge is -2.25. The van der Waals surface area contributed by atoms with E-state index in [-0.39, 0.29) is 5.97 Å². The molecule has 0 aromatic carbocycles. The zero-order valence-electron chi connectivity index (χ0n) is 11.7. The maximum atomic E-state index is 11.5. The number of ether oxygens (including phenoxy) is 2. The maximum Gasteiger partial charge on any atom is 0.320 e. The fraction of sp³-hybridized carbons (Fsp3) is 0.929. The molecule has 0 bridgehead atoms. The van der Waals surface area contributed by atoms with Gasteiger partial charge in [-0.15, -0.1) is 0 Å². The Morgan fingerprint density at radius 2 is 1.78 bits per heavy atom. The van der Waals surface area contributed by atoms with Crippen LogP contribution in [0, 0.1) is 0 Å². The summed E-state index contributed by atoms with van der Waals surface area (Å²) in [7, 11) is 0. The number of morpholine rings is 1. The maximum absolute atomic E-state index is 11.5. The van der Waals surface area contributed by atoms with Crippen molar-refractivity contribution in [2.24, 2.45) is 0 Å². The van der Waals surface area contributed by atoms with E-state index in [4.69, 9.17) is 9.47 Å². The summed E-state index contributed by atoms with van der Waals surface area (Å²) < 4.78 is 10.5. The Morgan fingerprint density at radius 3 is 2.50 bits per heavy atom. The van der Waals surface area contributed by atoms with Crippen LogP contribution in [0.4, 0.5) is 0 Å². The van der Waals surface area contributed by atoms with Crippen molar-refractivity contribution in [3.63, 3.8) is 0 Å². The molecule has 0 aliphatic carbocycles. The molecule has 1 aliphatic heterocycles. The smallest absolute Gasteiger partial charge is 0.320 e. The van der Waals surface area contributed by atoms with Gasteiger partial charge in [-0.05, 0) is 6.42 Å². The molecule has 1 rings (SSSR count). The normalized spacial score (nSPS) is 16.7. The van der Waals surface area contributed by atoms with Gasteiger partial charge in [0.15, 0.2) is 0 Å². The predicted molar refractivity (Wildman–Crippen MR) is 71.6 cm³/mol. The van der Waals surface area contributed by atoms with Gasteiger partial charge in [0.05, 0.1) is 26.4 Å². The van der Waals surface area contributed by atoms with Crippen LogP contribution >= 0.6 is 0 Å². The Labute approximate surface area is 111 Å². The van der Waals surface area contributed by atoms with E-state index in [1.165, 1.54) is 32.1 Å². The second-order valence-corrected chi connectivity index (χ2v) is 4.88. The van der Waals surface area contributed by atoms with Crippen molar-refractivity contribution in [2.45, 2.75) is 45.4 Å². The summed E-state index contributed by atoms with van der Waals surface area (Å²) >= 11 is 0. The summed E-state index contributed by atoms with van der Waals surface area (Å²) in [5.41, 5.74) is 0. The number of carbonyl (C=O) groups excluding carboxylic acids is 1. The highest BCUT2D eigenvalue weighted by atomic mass is 16.5. The largest absolute Gasteiger partial charge is 0.465 e. The fourth-order valence-corrected chi connectivity index (χ4v) is 2.06. The summed E-state index contributed by atoms with van der Waals surface area (Å²) in [5.74, 6) is -0.0922. The molecule has 18 heavy (non-hydrogen) atoms. The van der Waals surface area contributed by atoms with E-state index in [0.717, 1.165) is 32.7 Å². The summed E-state index contributed by atoms with van der Waals surface area (Å²) in [5, 5.41) is 0. The Morgan fingerprint density at radius 1 is 1.11 bits per heavy atom. The van der Waals surface area contributed by atoms with Crippen molar-refractivity contribution in [2.75, 3.05) is 39.5 Å². The zero-order valence-corrected chi connectivity index (χ0v) is 11.7. The van der Waals surface area contributed by atoms with Crippen molar-refractivity contribution >= 4 is 5.97 Å². The van der Waals surface area contributed by atoms with Crippen LogP contribution in [0.2, 0.25) is 0 Å². The van der Waals surface area contributed by atoms with Crippen LogP contribution in [0.25, 0.3) is 0 Å². The van der Waals surface area contributed by atoms with Crippen LogP contribution in [0.15, 0.2) is 0 Å². The number of nitrogens with zero attached hydrogens (tertiary/aromatic N) is 1. The molecule has 1 fully saturated rings. The van der Waals surface area contributed by atoms with Gasteiger partial charge in [-0.3, -0.25) is 9.69 Å². The number of unbranched alkanes of at least 4 members (excludes halogenated alkanes) is 5. The average Bonchev–Trinajstić information content (AvgIpc) is 2.39. The highest BCUT2D eigenvalue weighted by molar-refractivity contribution is 5.71. The molecule has 0 N–H and O–H groups in total. The van der Waals surface area contributed by atoms with E-state index in [9.17, 15) is 4.79 Å². The number of esters is 1. The minimum absolute atomic E-state index is 0.0922. The van der Waals surface area contributed by atoms with Gasteiger partial charge in [0.25, 0.3) is 0 Å². The van der Waals surface area contributed by atoms with Crippen molar-refractivity contribution in [3.8, 4) is 0 Å². The highest BCUT2D eigenvalue weighted by Gasteiger charge is 2.14. The summed E-state index contributed by atoms with van der Waals surface area (Å²) in [4.78, 5) is 13.6. The first-order valence-electron chi connectivity index (χ1n) is 7.28. The van der Waals surface area contributed by atoms with Gasteiger partial charge in [-0.1, -0.05) is 39.0 Å². The Balaban J connectivity index is 1.90. The first-order valence-corrected chi connectivity index (χ1v) is 7.28. The van der Waals surface area contributed by atoms with Crippen molar-refractivity contribution in [1.29, 1.82) is 0 Å². The lowest BCUT2D eigenvalue weighted by Crippen LogP contribution is -2.40. The van der Waals surface area contributed by atoms with E-state index >= 15 is 0 Å². The number of rotatable bonds is 9. The predicted octanol–water partition coefficient (Wildman–Crippen LogP) is 2.22. The minimum Gasteiger partial charge on any atom is -0.465 e. The van der Waals surface area contributed by atoms with Crippen LogP contribution in [-0.2, 0) is 14.3 Å². The molecule has 1 aliphatic rings. The second kappa shape index (κ2) is 10.3. The summed E-state index contributed by atoms with van der Waals surface area (Å²) in [6.07, 6.45) is 7.32. The fourth-order valence-electron chi connectivity index (χ4n) is 2.06. The third-order valence-electron chi connectivity index (χ3n) is 3.22. The molecule has 0 spiro atoms. The van der Waals surface area contributed by atoms with E-state index in [0.29, 0.717) is 13.2 Å². The topological polar surface area (TPSA) is 38.8 Å². The first kappa shape index (κ1) is 15.4. The molecule has 0 unspecified atom stereocenters. The van der Waals surface area contributed by atoms with Crippen LogP contribution in [0.1, 0.15) is 45.4 Å². The molecule has 4 nitrogen and oxygen atoms in total. The molecular weight excluding hydrogens is 230 g/mol. The lowest BCUT2D eigenvalue weighted by molar-refractivity contribution is -0.146. The van der Waals surface area contributed by atoms with Crippen LogP contribution in [0.5, 0.6) is 0 Å². The number of carbonyl (C=O) groups is 1. The van der Waals surface area contributed by atoms with Gasteiger partial charge >= 0.3 is 5.97 Å². The third kappa shape index (κ3) is 7.67. The molecular formula is C14H27NO3. The molecule has 1 saturated heterocycles. The van der Waals surface area contributed by atoms with E-state index in [1.54, 1.807) is 0 Å². The molecule has 0 aromatic rings. The zero-order chi connectivity index (χ0) is 13.1. The van der Waals surface area contributed by atoms with E-state index < -0.39 is 0 Å². The Kier molecular flexibility index (Phi) is 8.86. The first-order chi connectivity index (χ1) is 8.83. The van der Waals surface area contributed by atoms with Crippen molar-refractivity contribution in [3.05, 3.63) is 0 Å². The second-order valence-electron chi connectivity index (χ2n) is 4.88. The van der Waals surface area contributed by atoms with Gasteiger partial charge in [-0.25, -0.2) is 0 Å². The van der Waals surface area contributed by atoms with Crippen LogP contribution in [0.3, 0.4) is 0 Å². The standard InChI is InChI=1S/C14H27NO3/c1-2-3-4-5-6-7-10-18-14(16)13-15-8-11-17-12-9-15/h2-13H2,1H3. The molecule has 0 atom stereocenters. The van der Waals surface area contributed by atoms with Crippen molar-refractivity contribution < 1.29 is 14.3 Å². The average molecular weight is 257 g/mol.